The van der Waals surface area contributed by atoms with E-state index in [9.17, 15) is 9.59 Å². The van der Waals surface area contributed by atoms with Gasteiger partial charge in [0.2, 0.25) is 0 Å². The number of thioether (sulfide) groups is 1. The van der Waals surface area contributed by atoms with Crippen molar-refractivity contribution in [1.82, 2.24) is 33.7 Å². The molecule has 10 heteroatoms. The molecule has 0 aliphatic heterocycles. The number of hydrogen-bond donors (Lipinski definition) is 0. The van der Waals surface area contributed by atoms with Crippen molar-refractivity contribution < 1.29 is 0 Å². The van der Waals surface area contributed by atoms with Gasteiger partial charge in [-0.05, 0) is 12.0 Å². The number of imidazole rings is 1. The highest BCUT2D eigenvalue weighted by Crippen LogP contribution is 2.24. The second-order valence-electron chi connectivity index (χ2n) is 7.11. The maximum Gasteiger partial charge on any atom is 0.332 e. The summed E-state index contributed by atoms with van der Waals surface area (Å²) in [6.45, 7) is 3.35. The standard InChI is InChI=1S/C20H23N7O2S/c1-4-10-27-16-17(24(2)20(29)25(3)18(16)28)21-19(27)30-13-15-12-26(23-22-15)11-14-8-6-5-7-9-14/h5-9,12H,4,10-11,13H2,1-3H3. The zero-order chi connectivity index (χ0) is 21.3. The van der Waals surface area contributed by atoms with Crippen molar-refractivity contribution in [1.29, 1.82) is 0 Å². The zero-order valence-electron chi connectivity index (χ0n) is 17.1. The highest BCUT2D eigenvalue weighted by atomic mass is 32.2. The molecule has 0 unspecified atom stereocenters. The molecule has 0 spiro atoms. The van der Waals surface area contributed by atoms with Crippen LogP contribution in [0.5, 0.6) is 0 Å². The number of benzene rings is 1. The third-order valence-corrected chi connectivity index (χ3v) is 5.89. The van der Waals surface area contributed by atoms with E-state index in [4.69, 9.17) is 0 Å². The van der Waals surface area contributed by atoms with Gasteiger partial charge in [0, 0.05) is 32.6 Å². The van der Waals surface area contributed by atoms with Crippen LogP contribution in [-0.2, 0) is 32.9 Å². The largest absolute Gasteiger partial charge is 0.332 e. The van der Waals surface area contributed by atoms with Crippen molar-refractivity contribution in [2.24, 2.45) is 14.1 Å². The van der Waals surface area contributed by atoms with Crippen LogP contribution >= 0.6 is 11.8 Å². The number of hydrogen-bond acceptors (Lipinski definition) is 6. The van der Waals surface area contributed by atoms with Crippen LogP contribution < -0.4 is 11.2 Å². The number of rotatable bonds is 7. The number of nitrogens with zero attached hydrogens (tertiary/aromatic N) is 7. The molecule has 3 aromatic heterocycles. The molecule has 0 fully saturated rings. The summed E-state index contributed by atoms with van der Waals surface area (Å²) >= 11 is 1.49. The van der Waals surface area contributed by atoms with Crippen LogP contribution in [0.4, 0.5) is 0 Å². The normalized spacial score (nSPS) is 11.4. The average molecular weight is 426 g/mol. The van der Waals surface area contributed by atoms with Gasteiger partial charge in [0.25, 0.3) is 5.56 Å². The van der Waals surface area contributed by atoms with Crippen LogP contribution in [0.15, 0.2) is 51.3 Å². The van der Waals surface area contributed by atoms with Gasteiger partial charge in [0.15, 0.2) is 16.3 Å². The topological polar surface area (TPSA) is 92.5 Å². The predicted octanol–water partition coefficient (Wildman–Crippen LogP) is 1.78. The zero-order valence-corrected chi connectivity index (χ0v) is 18.0. The highest BCUT2D eigenvalue weighted by Gasteiger charge is 2.19. The Labute approximate surface area is 177 Å². The lowest BCUT2D eigenvalue weighted by molar-refractivity contribution is 0.632. The molecule has 0 saturated carbocycles. The molecule has 0 bridgehead atoms. The first-order valence-corrected chi connectivity index (χ1v) is 10.7. The molecule has 0 saturated heterocycles. The molecule has 30 heavy (non-hydrogen) atoms. The number of fused-ring (bicyclic) bond motifs is 1. The maximum absolute atomic E-state index is 12.7. The van der Waals surface area contributed by atoms with Gasteiger partial charge in [0.05, 0.1) is 12.2 Å². The first-order chi connectivity index (χ1) is 14.5. The lowest BCUT2D eigenvalue weighted by Gasteiger charge is -2.07. The SMILES string of the molecule is CCCn1c(SCc2cn(Cc3ccccc3)nn2)nc2c1c(=O)n(C)c(=O)n2C. The van der Waals surface area contributed by atoms with Gasteiger partial charge >= 0.3 is 5.69 Å². The summed E-state index contributed by atoms with van der Waals surface area (Å²) in [5, 5.41) is 9.16. The average Bonchev–Trinajstić information content (AvgIpc) is 3.35. The van der Waals surface area contributed by atoms with E-state index in [1.54, 1.807) is 11.7 Å². The van der Waals surface area contributed by atoms with Crippen molar-refractivity contribution in [2.75, 3.05) is 0 Å². The van der Waals surface area contributed by atoms with E-state index in [1.165, 1.54) is 23.4 Å². The summed E-state index contributed by atoms with van der Waals surface area (Å²) in [5.74, 6) is 0.566. The lowest BCUT2D eigenvalue weighted by Crippen LogP contribution is -2.37. The molecular formula is C20H23N7O2S. The third kappa shape index (κ3) is 3.70. The van der Waals surface area contributed by atoms with E-state index in [0.29, 0.717) is 35.2 Å². The predicted molar refractivity (Wildman–Crippen MR) is 116 cm³/mol. The molecule has 1 aromatic carbocycles. The summed E-state index contributed by atoms with van der Waals surface area (Å²) in [4.78, 5) is 29.6. The Balaban J connectivity index is 1.61. The summed E-state index contributed by atoms with van der Waals surface area (Å²) in [6, 6.07) is 10.1. The minimum atomic E-state index is -0.381. The van der Waals surface area contributed by atoms with E-state index in [-0.39, 0.29) is 11.2 Å². The molecule has 0 atom stereocenters. The fraction of sp³-hybridized carbons (Fsp3) is 0.350. The molecule has 0 amide bonds. The first-order valence-electron chi connectivity index (χ1n) is 9.71. The molecule has 0 aliphatic carbocycles. The smallest absolute Gasteiger partial charge is 0.313 e. The van der Waals surface area contributed by atoms with Crippen molar-refractivity contribution in [2.45, 2.75) is 37.3 Å². The van der Waals surface area contributed by atoms with Gasteiger partial charge in [0.1, 0.15) is 0 Å². The van der Waals surface area contributed by atoms with Crippen molar-refractivity contribution in [3.05, 3.63) is 68.6 Å². The van der Waals surface area contributed by atoms with E-state index < -0.39 is 0 Å². The fourth-order valence-electron chi connectivity index (χ4n) is 3.36. The maximum atomic E-state index is 12.7. The molecule has 9 nitrogen and oxygen atoms in total. The molecule has 4 rings (SSSR count). The van der Waals surface area contributed by atoms with Gasteiger partial charge in [-0.15, -0.1) is 5.10 Å². The summed E-state index contributed by atoms with van der Waals surface area (Å²) in [7, 11) is 3.13. The summed E-state index contributed by atoms with van der Waals surface area (Å²) < 4.78 is 6.25. The molecule has 0 N–H and O–H groups in total. The minimum Gasteiger partial charge on any atom is -0.313 e. The Hall–Kier alpha value is -3.14. The molecular weight excluding hydrogens is 402 g/mol. The van der Waals surface area contributed by atoms with E-state index >= 15 is 0 Å². The van der Waals surface area contributed by atoms with Gasteiger partial charge in [-0.3, -0.25) is 13.9 Å². The van der Waals surface area contributed by atoms with Crippen molar-refractivity contribution >= 4 is 22.9 Å². The van der Waals surface area contributed by atoms with Crippen LogP contribution in [0, 0.1) is 0 Å². The van der Waals surface area contributed by atoms with Crippen LogP contribution in [0.2, 0.25) is 0 Å². The molecule has 4 aromatic rings. The van der Waals surface area contributed by atoms with Crippen LogP contribution in [-0.4, -0.2) is 33.7 Å². The molecule has 3 heterocycles. The number of aromatic nitrogens is 7. The van der Waals surface area contributed by atoms with Crippen LogP contribution in [0.3, 0.4) is 0 Å². The monoisotopic (exact) mass is 425 g/mol. The molecule has 0 aliphatic rings. The third-order valence-electron chi connectivity index (χ3n) is 4.88. The highest BCUT2D eigenvalue weighted by molar-refractivity contribution is 7.98. The minimum absolute atomic E-state index is 0.324. The van der Waals surface area contributed by atoms with E-state index in [0.717, 1.165) is 22.2 Å². The van der Waals surface area contributed by atoms with E-state index in [2.05, 4.69) is 15.3 Å². The van der Waals surface area contributed by atoms with Gasteiger partial charge < -0.3 is 4.57 Å². The van der Waals surface area contributed by atoms with Crippen LogP contribution in [0.25, 0.3) is 11.2 Å². The van der Waals surface area contributed by atoms with Gasteiger partial charge in [-0.25, -0.2) is 14.5 Å². The quantitative estimate of drug-likeness (QED) is 0.419. The summed E-state index contributed by atoms with van der Waals surface area (Å²) in [6.07, 6.45) is 2.76. The Kier molecular flexibility index (Phi) is 5.58. The van der Waals surface area contributed by atoms with Crippen molar-refractivity contribution in [3.8, 4) is 0 Å². The van der Waals surface area contributed by atoms with Gasteiger partial charge in [-0.1, -0.05) is 54.2 Å². The Morgan fingerprint density at radius 1 is 1.07 bits per heavy atom. The van der Waals surface area contributed by atoms with Crippen LogP contribution in [0.1, 0.15) is 24.6 Å². The second-order valence-corrected chi connectivity index (χ2v) is 8.05. The lowest BCUT2D eigenvalue weighted by atomic mass is 10.2. The Morgan fingerprint density at radius 2 is 1.83 bits per heavy atom. The van der Waals surface area contributed by atoms with E-state index in [1.807, 2.05) is 48.0 Å². The molecule has 156 valence electrons. The molecule has 0 radical (unpaired) electrons. The van der Waals surface area contributed by atoms with Gasteiger partial charge in [-0.2, -0.15) is 0 Å². The number of aryl methyl sites for hydroxylation is 2. The summed E-state index contributed by atoms with van der Waals surface area (Å²) in [5.41, 5.74) is 2.14. The fourth-order valence-corrected chi connectivity index (χ4v) is 4.26. The first kappa shape index (κ1) is 20.1. The van der Waals surface area contributed by atoms with Crippen molar-refractivity contribution in [3.63, 3.8) is 0 Å². The Bertz CT molecular complexity index is 1300. The second kappa shape index (κ2) is 8.31. The Morgan fingerprint density at radius 3 is 2.57 bits per heavy atom.